The van der Waals surface area contributed by atoms with Gasteiger partial charge in [-0.3, -0.25) is 9.36 Å². The minimum atomic E-state index is 0.0114. The second-order valence-corrected chi connectivity index (χ2v) is 7.51. The van der Waals surface area contributed by atoms with E-state index in [1.807, 2.05) is 63.3 Å². The monoisotopic (exact) mass is 373 g/mol. The third-order valence-electron chi connectivity index (χ3n) is 4.53. The van der Waals surface area contributed by atoms with Crippen LogP contribution in [0.2, 0.25) is 0 Å². The van der Waals surface area contributed by atoms with E-state index < -0.39 is 0 Å². The molecule has 4 nitrogen and oxygen atoms in total. The Bertz CT molecular complexity index is 1070. The second kappa shape index (κ2) is 8.28. The van der Waals surface area contributed by atoms with Gasteiger partial charge in [-0.1, -0.05) is 61.2 Å². The minimum Gasteiger partial charge on any atom is -0.284 e. The van der Waals surface area contributed by atoms with Gasteiger partial charge in [-0.2, -0.15) is 5.26 Å². The lowest BCUT2D eigenvalue weighted by Gasteiger charge is -2.14. The Morgan fingerprint density at radius 2 is 1.89 bits per heavy atom. The van der Waals surface area contributed by atoms with Crippen molar-refractivity contribution < 1.29 is 0 Å². The molecule has 0 atom stereocenters. The van der Waals surface area contributed by atoms with Crippen LogP contribution in [0.3, 0.4) is 0 Å². The Morgan fingerprint density at radius 1 is 1.19 bits per heavy atom. The minimum absolute atomic E-state index is 0.0114. The van der Waals surface area contributed by atoms with Gasteiger partial charge in [0.2, 0.25) is 5.56 Å². The standard InChI is InChI=1S/C21H20BN3OS/c1-3-27-21-24-14(2)19(22)20(26)25(21)13-15-8-10-16(11-9-15)18-7-5-4-6-17(18)12-23/h4-11H,3,13,22H2,1-2H3. The number of rotatable bonds is 5. The van der Waals surface area contributed by atoms with E-state index in [9.17, 15) is 10.1 Å². The molecular formula is C21H20BN3OS. The zero-order chi connectivity index (χ0) is 19.4. The summed E-state index contributed by atoms with van der Waals surface area (Å²) in [5, 5.41) is 10.0. The highest BCUT2D eigenvalue weighted by atomic mass is 32.2. The summed E-state index contributed by atoms with van der Waals surface area (Å²) in [6.45, 7) is 4.41. The number of aryl methyl sites for hydroxylation is 1. The molecule has 0 aliphatic carbocycles. The van der Waals surface area contributed by atoms with E-state index in [2.05, 4.69) is 18.0 Å². The van der Waals surface area contributed by atoms with E-state index in [1.54, 1.807) is 16.3 Å². The molecule has 0 bridgehead atoms. The molecule has 0 unspecified atom stereocenters. The molecule has 27 heavy (non-hydrogen) atoms. The predicted molar refractivity (Wildman–Crippen MR) is 114 cm³/mol. The third kappa shape index (κ3) is 3.99. The van der Waals surface area contributed by atoms with Crippen LogP contribution >= 0.6 is 11.8 Å². The summed E-state index contributed by atoms with van der Waals surface area (Å²) in [5.41, 5.74) is 5.08. The molecule has 3 aromatic rings. The van der Waals surface area contributed by atoms with Gasteiger partial charge >= 0.3 is 0 Å². The molecule has 0 saturated heterocycles. The Morgan fingerprint density at radius 3 is 2.56 bits per heavy atom. The van der Waals surface area contributed by atoms with Crippen LogP contribution in [-0.2, 0) is 6.54 Å². The lowest BCUT2D eigenvalue weighted by molar-refractivity contribution is 0.645. The first-order chi connectivity index (χ1) is 13.0. The van der Waals surface area contributed by atoms with Gasteiger partial charge in [0, 0.05) is 5.69 Å². The highest BCUT2D eigenvalue weighted by molar-refractivity contribution is 7.99. The molecule has 0 N–H and O–H groups in total. The highest BCUT2D eigenvalue weighted by Gasteiger charge is 2.12. The third-order valence-corrected chi connectivity index (χ3v) is 5.39. The molecule has 0 fully saturated rings. The Hall–Kier alpha value is -2.78. The van der Waals surface area contributed by atoms with Gasteiger partial charge in [-0.25, -0.2) is 4.98 Å². The summed E-state index contributed by atoms with van der Waals surface area (Å²) in [6.07, 6.45) is 0. The lowest BCUT2D eigenvalue weighted by atomic mass is 9.96. The average Bonchev–Trinajstić information content (AvgIpc) is 2.70. The molecule has 0 aliphatic heterocycles. The summed E-state index contributed by atoms with van der Waals surface area (Å²) in [6, 6.07) is 17.8. The molecule has 1 heterocycles. The van der Waals surface area contributed by atoms with E-state index in [1.165, 1.54) is 0 Å². The molecule has 0 radical (unpaired) electrons. The van der Waals surface area contributed by atoms with Crippen LogP contribution in [-0.4, -0.2) is 23.2 Å². The number of hydrogen-bond donors (Lipinski definition) is 0. The average molecular weight is 373 g/mol. The number of benzene rings is 2. The van der Waals surface area contributed by atoms with Crippen LogP contribution < -0.4 is 11.0 Å². The molecule has 1 aromatic heterocycles. The van der Waals surface area contributed by atoms with Crippen LogP contribution in [0.5, 0.6) is 0 Å². The number of aromatic nitrogens is 2. The number of hydrogen-bond acceptors (Lipinski definition) is 4. The van der Waals surface area contributed by atoms with Crippen LogP contribution in [0.25, 0.3) is 11.1 Å². The van der Waals surface area contributed by atoms with Gasteiger partial charge < -0.3 is 0 Å². The number of nitrogens with zero attached hydrogens (tertiary/aromatic N) is 3. The van der Waals surface area contributed by atoms with Crippen molar-refractivity contribution in [2.24, 2.45) is 0 Å². The zero-order valence-electron chi connectivity index (χ0n) is 15.7. The summed E-state index contributed by atoms with van der Waals surface area (Å²) in [5.74, 6) is 0.860. The van der Waals surface area contributed by atoms with Crippen molar-refractivity contribution in [3.05, 3.63) is 75.7 Å². The summed E-state index contributed by atoms with van der Waals surface area (Å²) in [4.78, 5) is 17.3. The summed E-state index contributed by atoms with van der Waals surface area (Å²) >= 11 is 1.58. The van der Waals surface area contributed by atoms with Crippen molar-refractivity contribution in [2.75, 3.05) is 5.75 Å². The topological polar surface area (TPSA) is 58.7 Å². The Kier molecular flexibility index (Phi) is 5.83. The molecule has 6 heteroatoms. The maximum absolute atomic E-state index is 12.7. The quantitative estimate of drug-likeness (QED) is 0.392. The van der Waals surface area contributed by atoms with Gasteiger partial charge in [-0.05, 0) is 40.9 Å². The van der Waals surface area contributed by atoms with E-state index in [0.29, 0.717) is 17.6 Å². The fourth-order valence-corrected chi connectivity index (χ4v) is 3.68. The highest BCUT2D eigenvalue weighted by Crippen LogP contribution is 2.24. The Labute approximate surface area is 164 Å². The fourth-order valence-electron chi connectivity index (χ4n) is 2.92. The second-order valence-electron chi connectivity index (χ2n) is 6.28. The van der Waals surface area contributed by atoms with Crippen molar-refractivity contribution >= 4 is 25.1 Å². The number of thioether (sulfide) groups is 1. The van der Waals surface area contributed by atoms with Gasteiger partial charge in [0.05, 0.1) is 18.2 Å². The van der Waals surface area contributed by atoms with Gasteiger partial charge in [-0.15, -0.1) is 0 Å². The van der Waals surface area contributed by atoms with Crippen LogP contribution in [0.15, 0.2) is 58.5 Å². The SMILES string of the molecule is Bc1c(C)nc(SCC)n(Cc2ccc(-c3ccccc3C#N)cc2)c1=O. The smallest absolute Gasteiger partial charge is 0.248 e. The largest absolute Gasteiger partial charge is 0.284 e. The molecule has 0 amide bonds. The van der Waals surface area contributed by atoms with Crippen molar-refractivity contribution in [3.8, 4) is 17.2 Å². The summed E-state index contributed by atoms with van der Waals surface area (Å²) < 4.78 is 1.74. The van der Waals surface area contributed by atoms with Crippen molar-refractivity contribution in [3.63, 3.8) is 0 Å². The normalized spacial score (nSPS) is 10.6. The lowest BCUT2D eigenvalue weighted by Crippen LogP contribution is -2.38. The van der Waals surface area contributed by atoms with Crippen LogP contribution in [0.4, 0.5) is 0 Å². The van der Waals surface area contributed by atoms with Crippen molar-refractivity contribution in [1.29, 1.82) is 5.26 Å². The Balaban J connectivity index is 1.95. The molecule has 0 aliphatic rings. The molecule has 134 valence electrons. The maximum atomic E-state index is 12.7. The molecule has 0 saturated carbocycles. The molecule has 0 spiro atoms. The zero-order valence-corrected chi connectivity index (χ0v) is 16.5. The van der Waals surface area contributed by atoms with Crippen molar-refractivity contribution in [2.45, 2.75) is 25.5 Å². The first-order valence-corrected chi connectivity index (χ1v) is 9.83. The number of nitriles is 1. The molecule has 3 rings (SSSR count). The first-order valence-electron chi connectivity index (χ1n) is 8.84. The van der Waals surface area contributed by atoms with E-state index in [-0.39, 0.29) is 5.56 Å². The van der Waals surface area contributed by atoms with E-state index in [0.717, 1.165) is 33.3 Å². The molecule has 2 aromatic carbocycles. The van der Waals surface area contributed by atoms with E-state index in [4.69, 9.17) is 0 Å². The van der Waals surface area contributed by atoms with E-state index >= 15 is 0 Å². The maximum Gasteiger partial charge on any atom is 0.248 e. The fraction of sp³-hybridized carbons (Fsp3) is 0.190. The van der Waals surface area contributed by atoms with Crippen LogP contribution in [0.1, 0.15) is 23.7 Å². The van der Waals surface area contributed by atoms with Crippen LogP contribution in [0, 0.1) is 18.3 Å². The van der Waals surface area contributed by atoms with Gasteiger partial charge in [0.25, 0.3) is 0 Å². The van der Waals surface area contributed by atoms with Gasteiger partial charge in [0.15, 0.2) is 5.16 Å². The van der Waals surface area contributed by atoms with Crippen molar-refractivity contribution in [1.82, 2.24) is 9.55 Å². The predicted octanol–water partition coefficient (Wildman–Crippen LogP) is 2.51. The molecular weight excluding hydrogens is 353 g/mol. The summed E-state index contributed by atoms with van der Waals surface area (Å²) in [7, 11) is 1.82. The first kappa shape index (κ1) is 19.0. The van der Waals surface area contributed by atoms with Gasteiger partial charge in [0.1, 0.15) is 7.85 Å².